The molecule has 1 atom stereocenters. The summed E-state index contributed by atoms with van der Waals surface area (Å²) in [5, 5.41) is 3.12. The van der Waals surface area contributed by atoms with E-state index in [0.29, 0.717) is 24.0 Å². The Bertz CT molecular complexity index is 636. The zero-order valence-electron chi connectivity index (χ0n) is 15.0. The van der Waals surface area contributed by atoms with Crippen LogP contribution < -0.4 is 5.32 Å². The van der Waals surface area contributed by atoms with Gasteiger partial charge in [0, 0.05) is 24.5 Å². The summed E-state index contributed by atoms with van der Waals surface area (Å²) in [5.41, 5.74) is 0.475. The van der Waals surface area contributed by atoms with Crippen LogP contribution in [0.5, 0.6) is 0 Å². The van der Waals surface area contributed by atoms with Crippen molar-refractivity contribution in [3.63, 3.8) is 0 Å². The van der Waals surface area contributed by atoms with Crippen molar-refractivity contribution >= 4 is 11.9 Å². The fourth-order valence-electron chi connectivity index (χ4n) is 2.27. The van der Waals surface area contributed by atoms with Gasteiger partial charge in [0.05, 0.1) is 18.4 Å². The molecule has 0 aliphatic carbocycles. The minimum atomic E-state index is -0.0938. The molecule has 0 saturated heterocycles. The highest BCUT2D eigenvalue weighted by Crippen LogP contribution is 2.18. The third-order valence-corrected chi connectivity index (χ3v) is 3.94. The zero-order chi connectivity index (χ0) is 17.7. The number of anilines is 1. The molecule has 0 spiro atoms. The number of aromatic nitrogens is 2. The maximum Gasteiger partial charge on any atom is 0.257 e. The second-order valence-corrected chi connectivity index (χ2v) is 6.59. The van der Waals surface area contributed by atoms with E-state index < -0.39 is 0 Å². The molecule has 0 bridgehead atoms. The molecular weight excluding hydrogens is 304 g/mol. The number of nitrogens with one attached hydrogen (secondary N) is 1. The van der Waals surface area contributed by atoms with Gasteiger partial charge in [-0.05, 0) is 38.8 Å². The Hall–Kier alpha value is -2.37. The van der Waals surface area contributed by atoms with E-state index in [9.17, 15) is 4.79 Å². The van der Waals surface area contributed by atoms with Crippen molar-refractivity contribution in [2.24, 2.45) is 5.92 Å². The minimum Gasteiger partial charge on any atom is -0.467 e. The number of amides is 1. The summed E-state index contributed by atoms with van der Waals surface area (Å²) in [7, 11) is 0. The van der Waals surface area contributed by atoms with E-state index in [1.54, 1.807) is 23.6 Å². The van der Waals surface area contributed by atoms with Crippen molar-refractivity contribution in [1.29, 1.82) is 0 Å². The molecule has 0 unspecified atom stereocenters. The number of furan rings is 1. The van der Waals surface area contributed by atoms with E-state index >= 15 is 0 Å². The summed E-state index contributed by atoms with van der Waals surface area (Å²) in [4.78, 5) is 23.2. The minimum absolute atomic E-state index is 0.0658. The molecule has 6 heteroatoms. The van der Waals surface area contributed by atoms with Crippen molar-refractivity contribution in [2.45, 2.75) is 53.2 Å². The molecular formula is C18H26N4O2. The van der Waals surface area contributed by atoms with Crippen molar-refractivity contribution in [3.05, 3.63) is 42.1 Å². The van der Waals surface area contributed by atoms with E-state index in [2.05, 4.69) is 29.1 Å². The summed E-state index contributed by atoms with van der Waals surface area (Å²) in [6.07, 6.45) is 4.76. The molecule has 0 saturated carbocycles. The van der Waals surface area contributed by atoms with Crippen molar-refractivity contribution in [1.82, 2.24) is 14.9 Å². The lowest BCUT2D eigenvalue weighted by Gasteiger charge is -2.31. The van der Waals surface area contributed by atoms with Crippen LogP contribution in [0.25, 0.3) is 0 Å². The molecule has 1 amide bonds. The lowest BCUT2D eigenvalue weighted by atomic mass is 10.0. The van der Waals surface area contributed by atoms with Gasteiger partial charge in [-0.1, -0.05) is 13.8 Å². The number of carbonyl (C=O) groups excluding carboxylic acids is 1. The largest absolute Gasteiger partial charge is 0.467 e. The van der Waals surface area contributed by atoms with Crippen LogP contribution in [0.4, 0.5) is 5.95 Å². The van der Waals surface area contributed by atoms with E-state index in [1.807, 2.05) is 32.9 Å². The number of nitrogens with zero attached hydrogens (tertiary/aromatic N) is 3. The fourth-order valence-corrected chi connectivity index (χ4v) is 2.27. The fraction of sp³-hybridized carbons (Fsp3) is 0.500. The predicted molar refractivity (Wildman–Crippen MR) is 93.7 cm³/mol. The number of hydrogen-bond acceptors (Lipinski definition) is 5. The van der Waals surface area contributed by atoms with Gasteiger partial charge in [-0.3, -0.25) is 4.79 Å². The SMILES string of the molecule is CC(C)Nc1ncc(C(=O)N(Cc2ccco2)[C@H](C)C(C)C)cn1. The lowest BCUT2D eigenvalue weighted by Crippen LogP contribution is -2.41. The smallest absolute Gasteiger partial charge is 0.257 e. The highest BCUT2D eigenvalue weighted by Gasteiger charge is 2.25. The lowest BCUT2D eigenvalue weighted by molar-refractivity contribution is 0.0610. The van der Waals surface area contributed by atoms with Crippen molar-refractivity contribution < 1.29 is 9.21 Å². The predicted octanol–water partition coefficient (Wildman–Crippen LogP) is 3.58. The summed E-state index contributed by atoms with van der Waals surface area (Å²) < 4.78 is 5.41. The Kier molecular flexibility index (Phi) is 5.95. The van der Waals surface area contributed by atoms with Gasteiger partial charge in [-0.25, -0.2) is 9.97 Å². The highest BCUT2D eigenvalue weighted by molar-refractivity contribution is 5.93. The Morgan fingerprint density at radius 2 is 1.88 bits per heavy atom. The van der Waals surface area contributed by atoms with E-state index in [-0.39, 0.29) is 18.0 Å². The molecule has 2 aromatic rings. The average Bonchev–Trinajstić information content (AvgIpc) is 3.04. The molecule has 0 aliphatic rings. The monoisotopic (exact) mass is 330 g/mol. The topological polar surface area (TPSA) is 71.3 Å². The van der Waals surface area contributed by atoms with E-state index in [1.165, 1.54) is 0 Å². The van der Waals surface area contributed by atoms with Gasteiger partial charge in [-0.2, -0.15) is 0 Å². The number of rotatable bonds is 7. The Labute approximate surface area is 143 Å². The first-order valence-electron chi connectivity index (χ1n) is 8.30. The van der Waals surface area contributed by atoms with E-state index in [4.69, 9.17) is 4.42 Å². The maximum absolute atomic E-state index is 12.9. The quantitative estimate of drug-likeness (QED) is 0.840. The highest BCUT2D eigenvalue weighted by atomic mass is 16.3. The summed E-state index contributed by atoms with van der Waals surface area (Å²) in [6.45, 7) is 10.7. The normalized spacial score (nSPS) is 12.5. The summed E-state index contributed by atoms with van der Waals surface area (Å²) in [6, 6.07) is 4.01. The molecule has 2 heterocycles. The van der Waals surface area contributed by atoms with Crippen LogP contribution >= 0.6 is 0 Å². The van der Waals surface area contributed by atoms with Gasteiger partial charge in [0.25, 0.3) is 5.91 Å². The van der Waals surface area contributed by atoms with Crippen molar-refractivity contribution in [2.75, 3.05) is 5.32 Å². The summed E-state index contributed by atoms with van der Waals surface area (Å²) in [5.74, 6) is 1.52. The molecule has 0 fully saturated rings. The maximum atomic E-state index is 12.9. The second kappa shape index (κ2) is 7.95. The molecule has 24 heavy (non-hydrogen) atoms. The van der Waals surface area contributed by atoms with Crippen molar-refractivity contribution in [3.8, 4) is 0 Å². The molecule has 130 valence electrons. The standard InChI is InChI=1S/C18H26N4O2/c1-12(2)14(5)22(11-16-7-6-8-24-16)17(23)15-9-19-18(20-10-15)21-13(3)4/h6-10,12-14H,11H2,1-5H3,(H,19,20,21)/t14-/m1/s1. The molecule has 0 aromatic carbocycles. The molecule has 2 aromatic heterocycles. The van der Waals surface area contributed by atoms with Gasteiger partial charge >= 0.3 is 0 Å². The Morgan fingerprint density at radius 3 is 2.38 bits per heavy atom. The van der Waals surface area contributed by atoms with Crippen LogP contribution in [0.15, 0.2) is 35.2 Å². The molecule has 2 rings (SSSR count). The van der Waals surface area contributed by atoms with Crippen LogP contribution in [0.3, 0.4) is 0 Å². The van der Waals surface area contributed by atoms with Crippen LogP contribution in [-0.4, -0.2) is 32.9 Å². The Balaban J connectivity index is 2.20. The van der Waals surface area contributed by atoms with Gasteiger partial charge in [0.2, 0.25) is 5.95 Å². The Morgan fingerprint density at radius 1 is 1.21 bits per heavy atom. The van der Waals surface area contributed by atoms with Gasteiger partial charge < -0.3 is 14.6 Å². The van der Waals surface area contributed by atoms with E-state index in [0.717, 1.165) is 5.76 Å². The van der Waals surface area contributed by atoms with Crippen LogP contribution in [0, 0.1) is 5.92 Å². The van der Waals surface area contributed by atoms with Gasteiger partial charge in [-0.15, -0.1) is 0 Å². The van der Waals surface area contributed by atoms with Gasteiger partial charge in [0.15, 0.2) is 0 Å². The molecule has 6 nitrogen and oxygen atoms in total. The second-order valence-electron chi connectivity index (χ2n) is 6.59. The van der Waals surface area contributed by atoms with Crippen LogP contribution in [0.1, 0.15) is 50.7 Å². The van der Waals surface area contributed by atoms with Crippen LogP contribution in [0.2, 0.25) is 0 Å². The summed E-state index contributed by atoms with van der Waals surface area (Å²) >= 11 is 0. The van der Waals surface area contributed by atoms with Crippen LogP contribution in [-0.2, 0) is 6.54 Å². The first kappa shape index (κ1) is 18.0. The third kappa shape index (κ3) is 4.57. The zero-order valence-corrected chi connectivity index (χ0v) is 15.0. The number of carbonyl (C=O) groups is 1. The third-order valence-electron chi connectivity index (χ3n) is 3.94. The average molecular weight is 330 g/mol. The first-order valence-corrected chi connectivity index (χ1v) is 8.30. The van der Waals surface area contributed by atoms with Gasteiger partial charge in [0.1, 0.15) is 5.76 Å². The molecule has 0 aliphatic heterocycles. The molecule has 0 radical (unpaired) electrons. The number of hydrogen-bond donors (Lipinski definition) is 1. The first-order chi connectivity index (χ1) is 11.4. The molecule has 1 N–H and O–H groups in total.